The summed E-state index contributed by atoms with van der Waals surface area (Å²) in [6, 6.07) is 17.8. The predicted molar refractivity (Wildman–Crippen MR) is 146 cm³/mol. The van der Waals surface area contributed by atoms with Crippen LogP contribution < -0.4 is 9.47 Å². The van der Waals surface area contributed by atoms with E-state index in [4.69, 9.17) is 9.47 Å². The normalized spacial score (nSPS) is 15.1. The molecular formula is C32H37FO5. The zero-order chi connectivity index (χ0) is 27.4. The first-order chi connectivity index (χ1) is 18.0. The first-order valence-corrected chi connectivity index (χ1v) is 13.1. The third kappa shape index (κ3) is 6.93. The minimum atomic E-state index is -0.842. The zero-order valence-corrected chi connectivity index (χ0v) is 22.5. The minimum absolute atomic E-state index is 0.0332. The van der Waals surface area contributed by atoms with Gasteiger partial charge in [-0.05, 0) is 82.3 Å². The summed E-state index contributed by atoms with van der Waals surface area (Å²) in [7, 11) is 1.53. The van der Waals surface area contributed by atoms with E-state index in [0.717, 1.165) is 17.5 Å². The number of halogens is 1. The molecule has 5 nitrogen and oxygen atoms in total. The average Bonchev–Trinajstić information content (AvgIpc) is 3.70. The molecule has 0 unspecified atom stereocenters. The van der Waals surface area contributed by atoms with Crippen molar-refractivity contribution < 1.29 is 28.9 Å². The van der Waals surface area contributed by atoms with E-state index in [0.29, 0.717) is 34.1 Å². The van der Waals surface area contributed by atoms with Gasteiger partial charge >= 0.3 is 5.97 Å². The molecule has 2 N–H and O–H groups in total. The van der Waals surface area contributed by atoms with Gasteiger partial charge in [0.15, 0.2) is 0 Å². The summed E-state index contributed by atoms with van der Waals surface area (Å²) in [5.74, 6) is 0.594. The predicted octanol–water partition coefficient (Wildman–Crippen LogP) is 7.52. The highest BCUT2D eigenvalue weighted by molar-refractivity contribution is 5.70. The van der Waals surface area contributed by atoms with Gasteiger partial charge in [0.05, 0.1) is 19.6 Å². The molecule has 0 aliphatic heterocycles. The zero-order valence-electron chi connectivity index (χ0n) is 22.5. The largest absolute Gasteiger partial charge is 0.497 e. The van der Waals surface area contributed by atoms with Crippen LogP contribution in [-0.2, 0) is 11.4 Å². The van der Waals surface area contributed by atoms with Crippen LogP contribution in [-0.4, -0.2) is 23.3 Å². The second kappa shape index (κ2) is 11.6. The maximum absolute atomic E-state index is 14.9. The van der Waals surface area contributed by atoms with Gasteiger partial charge in [-0.1, -0.05) is 57.9 Å². The average molecular weight is 521 g/mol. The number of carbonyl (C=O) groups is 1. The number of carboxylic acid groups (broad SMARTS) is 1. The lowest BCUT2D eigenvalue weighted by Crippen LogP contribution is -2.19. The van der Waals surface area contributed by atoms with Crippen LogP contribution >= 0.6 is 0 Å². The number of aliphatic carboxylic acids is 1. The Labute approximate surface area is 224 Å². The molecule has 3 aromatic carbocycles. The van der Waals surface area contributed by atoms with Crippen molar-refractivity contribution in [3.8, 4) is 22.6 Å². The van der Waals surface area contributed by atoms with E-state index in [1.54, 1.807) is 12.1 Å². The molecule has 6 heteroatoms. The van der Waals surface area contributed by atoms with Crippen molar-refractivity contribution >= 4 is 5.97 Å². The van der Waals surface area contributed by atoms with Gasteiger partial charge in [-0.15, -0.1) is 0 Å². The quantitative estimate of drug-likeness (QED) is 0.273. The first-order valence-electron chi connectivity index (χ1n) is 13.1. The number of aliphatic hydroxyl groups is 1. The van der Waals surface area contributed by atoms with E-state index in [2.05, 4.69) is 0 Å². The van der Waals surface area contributed by atoms with E-state index in [1.807, 2.05) is 63.2 Å². The lowest BCUT2D eigenvalue weighted by Gasteiger charge is -2.28. The van der Waals surface area contributed by atoms with Crippen LogP contribution in [0.15, 0.2) is 60.7 Å². The van der Waals surface area contributed by atoms with Crippen molar-refractivity contribution in [2.75, 3.05) is 7.11 Å². The number of benzene rings is 3. The number of rotatable bonds is 11. The van der Waals surface area contributed by atoms with Crippen molar-refractivity contribution in [3.05, 3.63) is 83.2 Å². The van der Waals surface area contributed by atoms with Gasteiger partial charge in [-0.25, -0.2) is 4.39 Å². The fourth-order valence-corrected chi connectivity index (χ4v) is 4.81. The molecule has 4 rings (SSSR count). The Hall–Kier alpha value is -3.38. The van der Waals surface area contributed by atoms with E-state index >= 15 is 0 Å². The van der Waals surface area contributed by atoms with Gasteiger partial charge in [-0.2, -0.15) is 0 Å². The van der Waals surface area contributed by atoms with Crippen molar-refractivity contribution in [3.63, 3.8) is 0 Å². The Morgan fingerprint density at radius 1 is 1.03 bits per heavy atom. The Morgan fingerprint density at radius 3 is 2.45 bits per heavy atom. The highest BCUT2D eigenvalue weighted by atomic mass is 19.1. The van der Waals surface area contributed by atoms with Crippen LogP contribution in [0.2, 0.25) is 0 Å². The van der Waals surface area contributed by atoms with Crippen LogP contribution in [0.4, 0.5) is 4.39 Å². The molecule has 0 spiro atoms. The fourth-order valence-electron chi connectivity index (χ4n) is 4.81. The van der Waals surface area contributed by atoms with Gasteiger partial charge < -0.3 is 19.7 Å². The third-order valence-electron chi connectivity index (χ3n) is 7.17. The molecule has 1 aliphatic rings. The summed E-state index contributed by atoms with van der Waals surface area (Å²) in [5, 5.41) is 20.6. The molecule has 3 aromatic rings. The number of methoxy groups -OCH3 is 1. The third-order valence-corrected chi connectivity index (χ3v) is 7.17. The lowest BCUT2D eigenvalue weighted by atomic mass is 9.81. The van der Waals surface area contributed by atoms with Crippen LogP contribution in [0.25, 0.3) is 11.1 Å². The number of aliphatic hydroxyl groups excluding tert-OH is 1. The molecule has 38 heavy (non-hydrogen) atoms. The van der Waals surface area contributed by atoms with Crippen molar-refractivity contribution in [1.29, 1.82) is 0 Å². The van der Waals surface area contributed by atoms with E-state index in [1.165, 1.54) is 26.0 Å². The van der Waals surface area contributed by atoms with Crippen LogP contribution in [0.3, 0.4) is 0 Å². The Kier molecular flexibility index (Phi) is 8.41. The molecule has 202 valence electrons. The standard InChI is InChI=1S/C32H37FO5/c1-32(2,3)31(36)28-15-21(10-12-26(28)27-18-24(37-4)11-13-29(27)33)19-38-25-7-5-6-22(16-25)23(17-30(34)35)14-20-8-9-20/h5-7,10-13,15-16,18,20,23,31,36H,8-9,14,17,19H2,1-4H3,(H,34,35)/t23-,31-/m1/s1. The van der Waals surface area contributed by atoms with E-state index < -0.39 is 23.3 Å². The maximum Gasteiger partial charge on any atom is 0.303 e. The monoisotopic (exact) mass is 520 g/mol. The van der Waals surface area contributed by atoms with Gasteiger partial charge in [0.2, 0.25) is 0 Å². The Morgan fingerprint density at radius 2 is 1.79 bits per heavy atom. The highest BCUT2D eigenvalue weighted by Crippen LogP contribution is 2.42. The molecule has 0 bridgehead atoms. The first kappa shape index (κ1) is 27.6. The van der Waals surface area contributed by atoms with Crippen LogP contribution in [0.1, 0.15) is 75.2 Å². The molecule has 0 radical (unpaired) electrons. The lowest BCUT2D eigenvalue weighted by molar-refractivity contribution is -0.137. The molecule has 0 aromatic heterocycles. The Bertz CT molecular complexity index is 1280. The molecule has 0 saturated heterocycles. The summed E-state index contributed by atoms with van der Waals surface area (Å²) in [5.41, 5.74) is 2.92. The van der Waals surface area contributed by atoms with Crippen molar-refractivity contribution in [2.45, 2.75) is 65.1 Å². The second-order valence-electron chi connectivity index (χ2n) is 11.4. The summed E-state index contributed by atoms with van der Waals surface area (Å²) in [4.78, 5) is 11.4. The minimum Gasteiger partial charge on any atom is -0.497 e. The molecule has 1 saturated carbocycles. The molecule has 1 aliphatic carbocycles. The molecule has 0 heterocycles. The second-order valence-corrected chi connectivity index (χ2v) is 11.4. The highest BCUT2D eigenvalue weighted by Gasteiger charge is 2.29. The molecule has 1 fully saturated rings. The molecule has 0 amide bonds. The van der Waals surface area contributed by atoms with E-state index in [-0.39, 0.29) is 18.9 Å². The smallest absolute Gasteiger partial charge is 0.303 e. The Balaban J connectivity index is 1.60. The van der Waals surface area contributed by atoms with Gasteiger partial charge in [0, 0.05) is 5.56 Å². The van der Waals surface area contributed by atoms with Crippen molar-refractivity contribution in [2.24, 2.45) is 11.3 Å². The fraction of sp³-hybridized carbons (Fsp3) is 0.406. The van der Waals surface area contributed by atoms with Crippen molar-refractivity contribution in [1.82, 2.24) is 0 Å². The van der Waals surface area contributed by atoms with Crippen LogP contribution in [0, 0.1) is 17.2 Å². The topological polar surface area (TPSA) is 76.0 Å². The molecular weight excluding hydrogens is 483 g/mol. The summed E-state index contributed by atoms with van der Waals surface area (Å²) in [6.45, 7) is 6.06. The summed E-state index contributed by atoms with van der Waals surface area (Å²) in [6.07, 6.45) is 2.49. The van der Waals surface area contributed by atoms with Crippen LogP contribution in [0.5, 0.6) is 11.5 Å². The molecule has 2 atom stereocenters. The van der Waals surface area contributed by atoms with Gasteiger partial charge in [0.25, 0.3) is 0 Å². The number of hydrogen-bond donors (Lipinski definition) is 2. The van der Waals surface area contributed by atoms with E-state index in [9.17, 15) is 19.4 Å². The maximum atomic E-state index is 14.9. The number of carboxylic acids is 1. The summed E-state index contributed by atoms with van der Waals surface area (Å²) < 4.78 is 26.3. The number of ether oxygens (including phenoxy) is 2. The SMILES string of the molecule is COc1ccc(F)c(-c2ccc(COc3cccc([C@@H](CC(=O)O)CC4CC4)c3)cc2[C@@H](O)C(C)(C)C)c1. The van der Waals surface area contributed by atoms with Gasteiger partial charge in [-0.3, -0.25) is 4.79 Å². The summed E-state index contributed by atoms with van der Waals surface area (Å²) >= 11 is 0. The number of hydrogen-bond acceptors (Lipinski definition) is 4. The van der Waals surface area contributed by atoms with Gasteiger partial charge in [0.1, 0.15) is 23.9 Å².